The summed E-state index contributed by atoms with van der Waals surface area (Å²) >= 11 is 1.31. The Labute approximate surface area is 120 Å². The number of thiophene rings is 1. The smallest absolute Gasteiger partial charge is 0.250 e. The van der Waals surface area contributed by atoms with E-state index in [0.29, 0.717) is 17.3 Å². The van der Waals surface area contributed by atoms with Gasteiger partial charge in [0.1, 0.15) is 4.21 Å². The number of hydrogen-bond acceptors (Lipinski definition) is 5. The average Bonchev–Trinajstić information content (AvgIpc) is 2.78. The summed E-state index contributed by atoms with van der Waals surface area (Å²) in [5, 5.41) is 3.01. The third kappa shape index (κ3) is 6.01. The predicted octanol–water partition coefficient (Wildman–Crippen LogP) is 1.09. The lowest BCUT2D eigenvalue weighted by Crippen LogP contribution is -2.24. The average molecular weight is 305 g/mol. The first-order valence-electron chi connectivity index (χ1n) is 6.33. The van der Waals surface area contributed by atoms with Crippen LogP contribution in [0.2, 0.25) is 0 Å². The van der Waals surface area contributed by atoms with Crippen LogP contribution in [-0.2, 0) is 16.6 Å². The minimum atomic E-state index is -3.33. The molecule has 7 heteroatoms. The van der Waals surface area contributed by atoms with Gasteiger partial charge in [-0.15, -0.1) is 11.3 Å². The monoisotopic (exact) mass is 305 g/mol. The Kier molecular flexibility index (Phi) is 6.95. The fourth-order valence-electron chi connectivity index (χ4n) is 1.60. The first kappa shape index (κ1) is 16.6. The fraction of sp³-hybridized carbons (Fsp3) is 0.667. The van der Waals surface area contributed by atoms with Crippen LogP contribution in [0.1, 0.15) is 17.7 Å². The molecule has 1 aromatic heterocycles. The Bertz CT molecular complexity index is 469. The highest BCUT2D eigenvalue weighted by Gasteiger charge is 2.15. The van der Waals surface area contributed by atoms with Crippen molar-refractivity contribution in [3.63, 3.8) is 0 Å². The molecule has 0 aliphatic carbocycles. The number of unbranched alkanes of at least 4 members (excludes halogenated alkanes) is 1. The van der Waals surface area contributed by atoms with Crippen LogP contribution in [0.3, 0.4) is 0 Å². The second-order valence-electron chi connectivity index (χ2n) is 4.66. The van der Waals surface area contributed by atoms with Crippen LogP contribution < -0.4 is 10.0 Å². The molecule has 0 spiro atoms. The van der Waals surface area contributed by atoms with Crippen molar-refractivity contribution in [2.45, 2.75) is 23.6 Å². The second kappa shape index (κ2) is 7.96. The zero-order valence-corrected chi connectivity index (χ0v) is 13.4. The molecule has 0 aliphatic heterocycles. The van der Waals surface area contributed by atoms with Gasteiger partial charge in [0, 0.05) is 18.0 Å². The number of rotatable bonds is 9. The normalized spacial score (nSPS) is 12.2. The lowest BCUT2D eigenvalue weighted by atomic mass is 10.3. The van der Waals surface area contributed by atoms with Gasteiger partial charge >= 0.3 is 0 Å². The molecule has 1 aromatic rings. The summed E-state index contributed by atoms with van der Waals surface area (Å²) in [6, 6.07) is 3.52. The Hall–Kier alpha value is -0.470. The van der Waals surface area contributed by atoms with E-state index >= 15 is 0 Å². The molecule has 0 atom stereocenters. The molecule has 0 radical (unpaired) electrons. The molecule has 0 bridgehead atoms. The summed E-state index contributed by atoms with van der Waals surface area (Å²) in [7, 11) is 2.54. The molecule has 0 aliphatic rings. The molecule has 0 amide bonds. The summed E-state index contributed by atoms with van der Waals surface area (Å²) in [5.74, 6) is 0. The van der Waals surface area contributed by atoms with Crippen LogP contribution >= 0.6 is 11.3 Å². The van der Waals surface area contributed by atoms with Gasteiger partial charge in [0.05, 0.1) is 0 Å². The summed E-state index contributed by atoms with van der Waals surface area (Å²) in [6.07, 6.45) is 1.84. The maximum atomic E-state index is 12.0. The van der Waals surface area contributed by atoms with Crippen molar-refractivity contribution in [2.24, 2.45) is 0 Å². The molecular weight excluding hydrogens is 282 g/mol. The molecule has 110 valence electrons. The van der Waals surface area contributed by atoms with Crippen molar-refractivity contribution < 1.29 is 8.42 Å². The Morgan fingerprint density at radius 3 is 2.63 bits per heavy atom. The van der Waals surface area contributed by atoms with E-state index in [1.54, 1.807) is 6.07 Å². The van der Waals surface area contributed by atoms with Gasteiger partial charge < -0.3 is 10.2 Å². The first-order chi connectivity index (χ1) is 8.95. The maximum absolute atomic E-state index is 12.0. The molecule has 0 unspecified atom stereocenters. The van der Waals surface area contributed by atoms with E-state index in [1.165, 1.54) is 11.3 Å². The molecular formula is C12H23N3O2S2. The molecule has 19 heavy (non-hydrogen) atoms. The predicted molar refractivity (Wildman–Crippen MR) is 80.1 cm³/mol. The van der Waals surface area contributed by atoms with Crippen LogP contribution in [0.15, 0.2) is 16.3 Å². The van der Waals surface area contributed by atoms with Crippen LogP contribution in [0.25, 0.3) is 0 Å². The third-order valence-electron chi connectivity index (χ3n) is 2.58. The molecule has 0 saturated heterocycles. The van der Waals surface area contributed by atoms with Gasteiger partial charge in [-0.2, -0.15) is 0 Å². The van der Waals surface area contributed by atoms with Crippen molar-refractivity contribution in [2.75, 3.05) is 34.2 Å². The maximum Gasteiger partial charge on any atom is 0.250 e. The van der Waals surface area contributed by atoms with Crippen LogP contribution in [0, 0.1) is 0 Å². The van der Waals surface area contributed by atoms with Gasteiger partial charge in [0.15, 0.2) is 0 Å². The molecule has 0 aromatic carbocycles. The van der Waals surface area contributed by atoms with E-state index in [2.05, 4.69) is 14.9 Å². The Morgan fingerprint density at radius 1 is 1.26 bits per heavy atom. The minimum Gasteiger partial charge on any atom is -0.315 e. The second-order valence-corrected chi connectivity index (χ2v) is 7.82. The lowest BCUT2D eigenvalue weighted by Gasteiger charge is -2.09. The van der Waals surface area contributed by atoms with Crippen molar-refractivity contribution in [3.05, 3.63) is 17.0 Å². The molecule has 5 nitrogen and oxygen atoms in total. The summed E-state index contributed by atoms with van der Waals surface area (Å²) < 4.78 is 27.1. The molecule has 0 saturated carbocycles. The van der Waals surface area contributed by atoms with Crippen molar-refractivity contribution >= 4 is 21.4 Å². The van der Waals surface area contributed by atoms with Crippen LogP contribution in [-0.4, -0.2) is 47.6 Å². The van der Waals surface area contributed by atoms with E-state index in [9.17, 15) is 8.42 Å². The van der Waals surface area contributed by atoms with Crippen LogP contribution in [0.5, 0.6) is 0 Å². The lowest BCUT2D eigenvalue weighted by molar-refractivity contribution is 0.394. The van der Waals surface area contributed by atoms with Gasteiger partial charge in [0.25, 0.3) is 0 Å². The topological polar surface area (TPSA) is 61.4 Å². The number of nitrogens with zero attached hydrogens (tertiary/aromatic N) is 1. The van der Waals surface area contributed by atoms with E-state index < -0.39 is 10.0 Å². The number of nitrogens with one attached hydrogen (secondary N) is 2. The van der Waals surface area contributed by atoms with E-state index in [1.807, 2.05) is 27.2 Å². The molecule has 1 heterocycles. The Balaban J connectivity index is 2.42. The fourth-order valence-corrected chi connectivity index (χ4v) is 4.09. The van der Waals surface area contributed by atoms with E-state index in [-0.39, 0.29) is 0 Å². The van der Waals surface area contributed by atoms with Gasteiger partial charge in [-0.05, 0) is 52.7 Å². The summed E-state index contributed by atoms with van der Waals surface area (Å²) in [6.45, 7) is 2.17. The highest BCUT2D eigenvalue weighted by molar-refractivity contribution is 7.91. The van der Waals surface area contributed by atoms with E-state index in [4.69, 9.17) is 0 Å². The quantitative estimate of drug-likeness (QED) is 0.671. The third-order valence-corrected chi connectivity index (χ3v) is 5.62. The minimum absolute atomic E-state index is 0.394. The largest absolute Gasteiger partial charge is 0.315 e. The first-order valence-corrected chi connectivity index (χ1v) is 8.63. The number of hydrogen-bond donors (Lipinski definition) is 2. The number of sulfonamides is 1. The highest BCUT2D eigenvalue weighted by atomic mass is 32.2. The molecule has 1 rings (SSSR count). The van der Waals surface area contributed by atoms with Gasteiger partial charge in [-0.3, -0.25) is 0 Å². The highest BCUT2D eigenvalue weighted by Crippen LogP contribution is 2.21. The van der Waals surface area contributed by atoms with Crippen molar-refractivity contribution in [1.29, 1.82) is 0 Å². The van der Waals surface area contributed by atoms with Gasteiger partial charge in [-0.25, -0.2) is 13.1 Å². The van der Waals surface area contributed by atoms with Crippen LogP contribution in [0.4, 0.5) is 0 Å². The van der Waals surface area contributed by atoms with Gasteiger partial charge in [-0.1, -0.05) is 0 Å². The Morgan fingerprint density at radius 2 is 2.00 bits per heavy atom. The zero-order chi connectivity index (χ0) is 14.3. The van der Waals surface area contributed by atoms with Gasteiger partial charge in [0.2, 0.25) is 10.0 Å². The molecule has 2 N–H and O–H groups in total. The zero-order valence-electron chi connectivity index (χ0n) is 11.8. The SMILES string of the molecule is CNCc1ccc(S(=O)(=O)NCCCCN(C)C)s1. The molecule has 0 fully saturated rings. The standard InChI is InChI=1S/C12H23N3O2S2/c1-13-10-11-6-7-12(18-11)19(16,17)14-8-4-5-9-15(2)3/h6-7,13-14H,4-5,8-10H2,1-3H3. The summed E-state index contributed by atoms with van der Waals surface area (Å²) in [5.41, 5.74) is 0. The summed E-state index contributed by atoms with van der Waals surface area (Å²) in [4.78, 5) is 3.12. The van der Waals surface area contributed by atoms with E-state index in [0.717, 1.165) is 24.3 Å². The van der Waals surface area contributed by atoms with Crippen molar-refractivity contribution in [3.8, 4) is 0 Å². The van der Waals surface area contributed by atoms with Crippen molar-refractivity contribution in [1.82, 2.24) is 14.9 Å².